The number of amides is 1. The standard InChI is InChI=1S/C15H29NO3/c1-6-15(7-2,13(18)19)11-16-12(17)9-8-10-14(3,4)5/h6-11H2,1-5H3,(H,16,17)(H,18,19). The van der Waals surface area contributed by atoms with Crippen molar-refractivity contribution in [2.45, 2.75) is 66.7 Å². The average Bonchev–Trinajstić information content (AvgIpc) is 2.29. The van der Waals surface area contributed by atoms with Gasteiger partial charge in [-0.3, -0.25) is 9.59 Å². The first kappa shape index (κ1) is 17.9. The first-order chi connectivity index (χ1) is 8.67. The van der Waals surface area contributed by atoms with Crippen molar-refractivity contribution in [3.05, 3.63) is 0 Å². The van der Waals surface area contributed by atoms with E-state index in [9.17, 15) is 14.7 Å². The number of rotatable bonds is 8. The molecule has 0 aliphatic heterocycles. The molecule has 0 radical (unpaired) electrons. The van der Waals surface area contributed by atoms with Gasteiger partial charge in [0.2, 0.25) is 5.91 Å². The lowest BCUT2D eigenvalue weighted by molar-refractivity contribution is -0.149. The molecular formula is C15H29NO3. The molecule has 112 valence electrons. The zero-order valence-corrected chi connectivity index (χ0v) is 13.0. The molecule has 0 aromatic rings. The van der Waals surface area contributed by atoms with Gasteiger partial charge in [0.05, 0.1) is 5.41 Å². The Labute approximate surface area is 117 Å². The van der Waals surface area contributed by atoms with Crippen molar-refractivity contribution in [3.63, 3.8) is 0 Å². The van der Waals surface area contributed by atoms with Crippen LogP contribution in [0.3, 0.4) is 0 Å². The topological polar surface area (TPSA) is 66.4 Å². The first-order valence-corrected chi connectivity index (χ1v) is 7.17. The van der Waals surface area contributed by atoms with Crippen molar-refractivity contribution in [3.8, 4) is 0 Å². The monoisotopic (exact) mass is 271 g/mol. The molecule has 0 aromatic carbocycles. The third-order valence-corrected chi connectivity index (χ3v) is 3.76. The largest absolute Gasteiger partial charge is 0.481 e. The van der Waals surface area contributed by atoms with E-state index in [1.54, 1.807) is 0 Å². The SMILES string of the molecule is CCC(CC)(CNC(=O)CCCC(C)(C)C)C(=O)O. The van der Waals surface area contributed by atoms with Crippen LogP contribution < -0.4 is 5.32 Å². The highest BCUT2D eigenvalue weighted by Gasteiger charge is 2.34. The van der Waals surface area contributed by atoms with Gasteiger partial charge in [0.1, 0.15) is 0 Å². The number of nitrogens with one attached hydrogen (secondary N) is 1. The van der Waals surface area contributed by atoms with Gasteiger partial charge < -0.3 is 10.4 Å². The van der Waals surface area contributed by atoms with E-state index in [1.165, 1.54) is 0 Å². The van der Waals surface area contributed by atoms with Crippen molar-refractivity contribution < 1.29 is 14.7 Å². The molecule has 0 aliphatic rings. The van der Waals surface area contributed by atoms with Crippen molar-refractivity contribution >= 4 is 11.9 Å². The van der Waals surface area contributed by atoms with Gasteiger partial charge in [-0.25, -0.2) is 0 Å². The highest BCUT2D eigenvalue weighted by molar-refractivity contribution is 5.79. The maximum atomic E-state index is 11.7. The Kier molecular flexibility index (Phi) is 7.09. The van der Waals surface area contributed by atoms with E-state index >= 15 is 0 Å². The van der Waals surface area contributed by atoms with Crippen LogP contribution in [0.2, 0.25) is 0 Å². The van der Waals surface area contributed by atoms with Crippen LogP contribution in [0.25, 0.3) is 0 Å². The molecule has 0 aliphatic carbocycles. The molecule has 0 atom stereocenters. The van der Waals surface area contributed by atoms with Gasteiger partial charge in [-0.2, -0.15) is 0 Å². The van der Waals surface area contributed by atoms with Crippen LogP contribution in [0.15, 0.2) is 0 Å². The van der Waals surface area contributed by atoms with Gasteiger partial charge in [-0.05, 0) is 31.1 Å². The van der Waals surface area contributed by atoms with E-state index in [1.807, 2.05) is 13.8 Å². The Balaban J connectivity index is 4.17. The number of carbonyl (C=O) groups excluding carboxylic acids is 1. The Bertz CT molecular complexity index is 301. The summed E-state index contributed by atoms with van der Waals surface area (Å²) in [5.74, 6) is -0.871. The molecule has 1 amide bonds. The van der Waals surface area contributed by atoms with Crippen LogP contribution >= 0.6 is 0 Å². The van der Waals surface area contributed by atoms with Crippen molar-refractivity contribution in [1.82, 2.24) is 5.32 Å². The van der Waals surface area contributed by atoms with Gasteiger partial charge in [0.25, 0.3) is 0 Å². The van der Waals surface area contributed by atoms with Crippen molar-refractivity contribution in [1.29, 1.82) is 0 Å². The summed E-state index contributed by atoms with van der Waals surface area (Å²) >= 11 is 0. The minimum absolute atomic E-state index is 0.0447. The van der Waals surface area contributed by atoms with Crippen molar-refractivity contribution in [2.24, 2.45) is 10.8 Å². The number of carboxylic acid groups (broad SMARTS) is 1. The molecule has 19 heavy (non-hydrogen) atoms. The number of aliphatic carboxylic acids is 1. The quantitative estimate of drug-likeness (QED) is 0.712. The van der Waals surface area contributed by atoms with E-state index in [0.717, 1.165) is 12.8 Å². The first-order valence-electron chi connectivity index (χ1n) is 7.17. The predicted molar refractivity (Wildman–Crippen MR) is 77.0 cm³/mol. The minimum Gasteiger partial charge on any atom is -0.481 e. The second-order valence-corrected chi connectivity index (χ2v) is 6.48. The average molecular weight is 271 g/mol. The highest BCUT2D eigenvalue weighted by Crippen LogP contribution is 2.26. The maximum Gasteiger partial charge on any atom is 0.311 e. The Morgan fingerprint density at radius 2 is 1.63 bits per heavy atom. The summed E-state index contributed by atoms with van der Waals surface area (Å²) in [6.45, 7) is 10.4. The molecule has 4 heteroatoms. The van der Waals surface area contributed by atoms with Gasteiger partial charge in [-0.15, -0.1) is 0 Å². The van der Waals surface area contributed by atoms with E-state index in [4.69, 9.17) is 0 Å². The summed E-state index contributed by atoms with van der Waals surface area (Å²) < 4.78 is 0. The summed E-state index contributed by atoms with van der Waals surface area (Å²) in [4.78, 5) is 23.0. The molecular weight excluding hydrogens is 242 g/mol. The number of hydrogen-bond acceptors (Lipinski definition) is 2. The lowest BCUT2D eigenvalue weighted by atomic mass is 9.82. The fourth-order valence-corrected chi connectivity index (χ4v) is 2.01. The summed E-state index contributed by atoms with van der Waals surface area (Å²) in [6, 6.07) is 0. The highest BCUT2D eigenvalue weighted by atomic mass is 16.4. The summed E-state index contributed by atoms with van der Waals surface area (Å²) in [7, 11) is 0. The predicted octanol–water partition coefficient (Wildman–Crippen LogP) is 3.21. The van der Waals surface area contributed by atoms with Gasteiger partial charge in [0.15, 0.2) is 0 Å². The molecule has 2 N–H and O–H groups in total. The molecule has 0 spiro atoms. The van der Waals surface area contributed by atoms with Crippen LogP contribution in [-0.4, -0.2) is 23.5 Å². The molecule has 0 fully saturated rings. The molecule has 0 heterocycles. The third-order valence-electron chi connectivity index (χ3n) is 3.76. The summed E-state index contributed by atoms with van der Waals surface area (Å²) in [5, 5.41) is 12.0. The second kappa shape index (κ2) is 7.51. The normalized spacial score (nSPS) is 12.3. The summed E-state index contributed by atoms with van der Waals surface area (Å²) in [6.07, 6.45) is 3.36. The zero-order chi connectivity index (χ0) is 15.1. The van der Waals surface area contributed by atoms with Crippen LogP contribution in [0.4, 0.5) is 0 Å². The summed E-state index contributed by atoms with van der Waals surface area (Å²) in [5.41, 5.74) is -0.586. The molecule has 0 unspecified atom stereocenters. The zero-order valence-electron chi connectivity index (χ0n) is 13.0. The molecule has 0 rings (SSSR count). The fraction of sp³-hybridized carbons (Fsp3) is 0.867. The van der Waals surface area contributed by atoms with E-state index in [-0.39, 0.29) is 17.9 Å². The van der Waals surface area contributed by atoms with Gasteiger partial charge in [-0.1, -0.05) is 34.6 Å². The Morgan fingerprint density at radius 3 is 2.00 bits per heavy atom. The van der Waals surface area contributed by atoms with Crippen LogP contribution in [0, 0.1) is 10.8 Å². The molecule has 0 bridgehead atoms. The van der Waals surface area contributed by atoms with Crippen molar-refractivity contribution in [2.75, 3.05) is 6.54 Å². The van der Waals surface area contributed by atoms with Crippen LogP contribution in [-0.2, 0) is 9.59 Å². The molecule has 0 saturated heterocycles. The molecule has 0 aromatic heterocycles. The maximum absolute atomic E-state index is 11.7. The van der Waals surface area contributed by atoms with Crippen LogP contribution in [0.1, 0.15) is 66.7 Å². The lowest BCUT2D eigenvalue weighted by Gasteiger charge is -2.27. The van der Waals surface area contributed by atoms with E-state index in [2.05, 4.69) is 26.1 Å². The Morgan fingerprint density at radius 1 is 1.11 bits per heavy atom. The minimum atomic E-state index is -0.826. The lowest BCUT2D eigenvalue weighted by Crippen LogP contribution is -2.42. The third kappa shape index (κ3) is 6.60. The van der Waals surface area contributed by atoms with Crippen LogP contribution in [0.5, 0.6) is 0 Å². The van der Waals surface area contributed by atoms with Gasteiger partial charge in [0, 0.05) is 13.0 Å². The number of carbonyl (C=O) groups is 2. The van der Waals surface area contributed by atoms with Gasteiger partial charge >= 0.3 is 5.97 Å². The molecule has 4 nitrogen and oxygen atoms in total. The number of carboxylic acids is 1. The number of hydrogen-bond donors (Lipinski definition) is 2. The second-order valence-electron chi connectivity index (χ2n) is 6.48. The van der Waals surface area contributed by atoms with E-state index < -0.39 is 11.4 Å². The molecule has 0 saturated carbocycles. The Hall–Kier alpha value is -1.06. The van der Waals surface area contributed by atoms with E-state index in [0.29, 0.717) is 19.3 Å². The smallest absolute Gasteiger partial charge is 0.311 e. The fourth-order valence-electron chi connectivity index (χ4n) is 2.01.